The van der Waals surface area contributed by atoms with Gasteiger partial charge in [0, 0.05) is 18.5 Å². The molecule has 9 nitrogen and oxygen atoms in total. The fourth-order valence-electron chi connectivity index (χ4n) is 2.98. The zero-order valence-corrected chi connectivity index (χ0v) is 19.5. The molecule has 0 fully saturated rings. The summed E-state index contributed by atoms with van der Waals surface area (Å²) in [7, 11) is 1.44. The highest BCUT2D eigenvalue weighted by molar-refractivity contribution is 5.93. The number of hydrogen-bond donors (Lipinski definition) is 3. The molecule has 0 saturated carbocycles. The Kier molecular flexibility index (Phi) is 9.51. The van der Waals surface area contributed by atoms with Crippen LogP contribution in [0.3, 0.4) is 0 Å². The lowest BCUT2D eigenvalue weighted by Crippen LogP contribution is -2.21. The predicted octanol–water partition coefficient (Wildman–Crippen LogP) is 3.72. The van der Waals surface area contributed by atoms with E-state index in [1.54, 1.807) is 48.5 Å². The maximum atomic E-state index is 13.7. The summed E-state index contributed by atoms with van der Waals surface area (Å²) in [5.41, 5.74) is 3.68. The number of rotatable bonds is 11. The number of carbonyl (C=O) groups is 3. The van der Waals surface area contributed by atoms with E-state index in [0.29, 0.717) is 22.7 Å². The molecule has 0 atom stereocenters. The Morgan fingerprint density at radius 2 is 1.58 bits per heavy atom. The van der Waals surface area contributed by atoms with Crippen molar-refractivity contribution in [1.29, 1.82) is 0 Å². The first-order chi connectivity index (χ1) is 17.4. The summed E-state index contributed by atoms with van der Waals surface area (Å²) in [6, 6.07) is 19.6. The van der Waals surface area contributed by atoms with E-state index in [1.165, 1.54) is 31.5 Å². The van der Waals surface area contributed by atoms with E-state index in [4.69, 9.17) is 9.47 Å². The molecule has 0 aliphatic carbocycles. The summed E-state index contributed by atoms with van der Waals surface area (Å²) in [6.45, 7) is -0.355. The van der Waals surface area contributed by atoms with Gasteiger partial charge in [0.25, 0.3) is 5.91 Å². The molecule has 0 aliphatic rings. The maximum absolute atomic E-state index is 13.7. The van der Waals surface area contributed by atoms with Gasteiger partial charge in [-0.2, -0.15) is 5.10 Å². The van der Waals surface area contributed by atoms with Crippen LogP contribution in [-0.4, -0.2) is 37.7 Å². The minimum absolute atomic E-state index is 0.0145. The second kappa shape index (κ2) is 13.2. The summed E-state index contributed by atoms with van der Waals surface area (Å²) in [6.07, 6.45) is 1.39. The molecule has 3 N–H and O–H groups in total. The zero-order chi connectivity index (χ0) is 25.8. The predicted molar refractivity (Wildman–Crippen MR) is 134 cm³/mol. The molecule has 3 aromatic rings. The first kappa shape index (κ1) is 25.9. The molecule has 0 bridgehead atoms. The summed E-state index contributed by atoms with van der Waals surface area (Å²) >= 11 is 0. The number of hydrogen-bond acceptors (Lipinski definition) is 6. The van der Waals surface area contributed by atoms with Gasteiger partial charge in [-0.05, 0) is 48.0 Å². The average Bonchev–Trinajstić information content (AvgIpc) is 2.88. The molecule has 36 heavy (non-hydrogen) atoms. The minimum Gasteiger partial charge on any atom is -0.493 e. The highest BCUT2D eigenvalue weighted by Gasteiger charge is 2.11. The number of methoxy groups -OCH3 is 1. The summed E-state index contributed by atoms with van der Waals surface area (Å²) in [5, 5.41) is 9.02. The first-order valence-corrected chi connectivity index (χ1v) is 11.0. The van der Waals surface area contributed by atoms with Crippen molar-refractivity contribution in [2.45, 2.75) is 12.8 Å². The average molecular weight is 493 g/mol. The van der Waals surface area contributed by atoms with Gasteiger partial charge in [-0.15, -0.1) is 0 Å². The van der Waals surface area contributed by atoms with E-state index in [0.717, 1.165) is 0 Å². The van der Waals surface area contributed by atoms with Crippen LogP contribution >= 0.6 is 0 Å². The Bertz CT molecular complexity index is 1230. The van der Waals surface area contributed by atoms with Crippen LogP contribution in [0, 0.1) is 5.82 Å². The SMILES string of the molecule is COc1cc(C=NNC(=O)CCC(=O)Nc2ccccc2)ccc1OCC(=O)Nc1ccccc1F. The molecular weight excluding hydrogens is 467 g/mol. The van der Waals surface area contributed by atoms with Crippen molar-refractivity contribution in [3.05, 3.63) is 84.2 Å². The van der Waals surface area contributed by atoms with Crippen molar-refractivity contribution in [3.8, 4) is 11.5 Å². The molecule has 0 radical (unpaired) electrons. The number of amides is 3. The highest BCUT2D eigenvalue weighted by atomic mass is 19.1. The van der Waals surface area contributed by atoms with Crippen molar-refractivity contribution in [3.63, 3.8) is 0 Å². The van der Waals surface area contributed by atoms with E-state index in [-0.39, 0.29) is 31.0 Å². The Labute approximate surface area is 207 Å². The topological polar surface area (TPSA) is 118 Å². The second-order valence-electron chi connectivity index (χ2n) is 7.43. The molecule has 3 rings (SSSR count). The molecule has 3 amide bonds. The van der Waals surface area contributed by atoms with Gasteiger partial charge in [0.05, 0.1) is 19.0 Å². The van der Waals surface area contributed by atoms with Crippen molar-refractivity contribution in [2.24, 2.45) is 5.10 Å². The standard InChI is InChI=1S/C26H25FN4O5/c1-35-23-15-18(11-12-22(23)36-17-26(34)30-21-10-6-5-9-20(21)27)16-28-31-25(33)14-13-24(32)29-19-7-3-2-4-8-19/h2-12,15-16H,13-14,17H2,1H3,(H,29,32)(H,30,34)(H,31,33). The Balaban J connectivity index is 1.45. The van der Waals surface area contributed by atoms with Crippen LogP contribution in [0.15, 0.2) is 77.9 Å². The molecule has 0 aromatic heterocycles. The molecule has 0 unspecified atom stereocenters. The number of benzene rings is 3. The van der Waals surface area contributed by atoms with E-state index in [1.807, 2.05) is 6.07 Å². The number of halogens is 1. The Hall–Kier alpha value is -4.73. The van der Waals surface area contributed by atoms with Crippen LogP contribution in [0.2, 0.25) is 0 Å². The van der Waals surface area contributed by atoms with Gasteiger partial charge in [0.2, 0.25) is 11.8 Å². The largest absolute Gasteiger partial charge is 0.493 e. The van der Waals surface area contributed by atoms with Crippen LogP contribution in [0.4, 0.5) is 15.8 Å². The van der Waals surface area contributed by atoms with E-state index in [9.17, 15) is 18.8 Å². The zero-order valence-electron chi connectivity index (χ0n) is 19.5. The quantitative estimate of drug-likeness (QED) is 0.279. The molecule has 0 saturated heterocycles. The fraction of sp³-hybridized carbons (Fsp3) is 0.154. The third-order valence-corrected chi connectivity index (χ3v) is 4.73. The van der Waals surface area contributed by atoms with E-state index >= 15 is 0 Å². The number of carbonyl (C=O) groups excluding carboxylic acids is 3. The number of hydrazone groups is 1. The third-order valence-electron chi connectivity index (χ3n) is 4.73. The number of ether oxygens (including phenoxy) is 2. The van der Waals surface area contributed by atoms with Crippen LogP contribution in [0.1, 0.15) is 18.4 Å². The third kappa shape index (κ3) is 8.24. The second-order valence-corrected chi connectivity index (χ2v) is 7.43. The fourth-order valence-corrected chi connectivity index (χ4v) is 2.98. The highest BCUT2D eigenvalue weighted by Crippen LogP contribution is 2.27. The van der Waals surface area contributed by atoms with Gasteiger partial charge in [-0.3, -0.25) is 14.4 Å². The lowest BCUT2D eigenvalue weighted by atomic mass is 10.2. The van der Waals surface area contributed by atoms with Gasteiger partial charge in [-0.25, -0.2) is 9.82 Å². The lowest BCUT2D eigenvalue weighted by Gasteiger charge is -2.11. The smallest absolute Gasteiger partial charge is 0.262 e. The van der Waals surface area contributed by atoms with Gasteiger partial charge in [0.1, 0.15) is 5.82 Å². The van der Waals surface area contributed by atoms with Crippen molar-refractivity contribution >= 4 is 35.3 Å². The summed E-state index contributed by atoms with van der Waals surface area (Å²) < 4.78 is 24.4. The number of nitrogens with zero attached hydrogens (tertiary/aromatic N) is 1. The minimum atomic E-state index is -0.547. The number of anilines is 2. The van der Waals surface area contributed by atoms with Gasteiger partial charge < -0.3 is 20.1 Å². The molecule has 186 valence electrons. The molecule has 0 spiro atoms. The molecule has 3 aromatic carbocycles. The lowest BCUT2D eigenvalue weighted by molar-refractivity contribution is -0.124. The van der Waals surface area contributed by atoms with E-state index in [2.05, 4.69) is 21.2 Å². The summed E-state index contributed by atoms with van der Waals surface area (Å²) in [4.78, 5) is 35.9. The number of para-hydroxylation sites is 2. The Morgan fingerprint density at radius 1 is 0.861 bits per heavy atom. The molecular formula is C26H25FN4O5. The van der Waals surface area contributed by atoms with Gasteiger partial charge in [-0.1, -0.05) is 30.3 Å². The van der Waals surface area contributed by atoms with Crippen LogP contribution in [0.25, 0.3) is 0 Å². The van der Waals surface area contributed by atoms with Crippen LogP contribution < -0.4 is 25.5 Å². The van der Waals surface area contributed by atoms with E-state index < -0.39 is 17.6 Å². The molecule has 0 heterocycles. The van der Waals surface area contributed by atoms with Crippen LogP contribution in [-0.2, 0) is 14.4 Å². The Morgan fingerprint density at radius 3 is 2.33 bits per heavy atom. The van der Waals surface area contributed by atoms with Crippen molar-refractivity contribution in [2.75, 3.05) is 24.4 Å². The maximum Gasteiger partial charge on any atom is 0.262 e. The van der Waals surface area contributed by atoms with Gasteiger partial charge in [0.15, 0.2) is 18.1 Å². The van der Waals surface area contributed by atoms with Crippen LogP contribution in [0.5, 0.6) is 11.5 Å². The molecule has 0 aliphatic heterocycles. The van der Waals surface area contributed by atoms with Crippen molar-refractivity contribution in [1.82, 2.24) is 5.43 Å². The monoisotopic (exact) mass is 492 g/mol. The first-order valence-electron chi connectivity index (χ1n) is 11.0. The molecule has 10 heteroatoms. The van der Waals surface area contributed by atoms with Gasteiger partial charge >= 0.3 is 0 Å². The summed E-state index contributed by atoms with van der Waals surface area (Å²) in [5.74, 6) is -1.14. The normalized spacial score (nSPS) is 10.5. The van der Waals surface area contributed by atoms with Crippen molar-refractivity contribution < 1.29 is 28.2 Å². The number of nitrogens with one attached hydrogen (secondary N) is 3.